The molecule has 4 rings (SSSR count). The molecule has 1 saturated heterocycles. The fourth-order valence-corrected chi connectivity index (χ4v) is 4.44. The molecule has 0 atom stereocenters. The molecule has 4 amide bonds. The molecule has 0 bridgehead atoms. The lowest BCUT2D eigenvalue weighted by molar-refractivity contribution is -0.122. The van der Waals surface area contributed by atoms with Crippen LogP contribution in [0.5, 0.6) is 17.2 Å². The molecule has 0 radical (unpaired) electrons. The fraction of sp³-hybridized carbons (Fsp3) is 0.207. The first-order chi connectivity index (χ1) is 18.7. The number of carbonyl (C=O) groups excluding carboxylic acids is 3. The monoisotopic (exact) mass is 568 g/mol. The van der Waals surface area contributed by atoms with E-state index in [4.69, 9.17) is 37.4 Å². The van der Waals surface area contributed by atoms with Crippen molar-refractivity contribution in [3.8, 4) is 17.2 Å². The number of carbonyl (C=O) groups is 3. The average Bonchev–Trinajstić information content (AvgIpc) is 2.88. The molecule has 3 aromatic rings. The molecule has 1 N–H and O–H groups in total. The third kappa shape index (κ3) is 6.35. The van der Waals surface area contributed by atoms with Crippen LogP contribution in [0.2, 0.25) is 10.0 Å². The maximum Gasteiger partial charge on any atom is 0.335 e. The first kappa shape index (κ1) is 28.0. The van der Waals surface area contributed by atoms with E-state index < -0.39 is 17.8 Å². The molecular weight excluding hydrogens is 543 g/mol. The van der Waals surface area contributed by atoms with E-state index in [1.807, 2.05) is 32.0 Å². The van der Waals surface area contributed by atoms with Crippen LogP contribution in [0.25, 0.3) is 6.08 Å². The minimum atomic E-state index is -0.857. The van der Waals surface area contributed by atoms with Crippen LogP contribution in [0.1, 0.15) is 23.6 Å². The van der Waals surface area contributed by atoms with E-state index >= 15 is 0 Å². The first-order valence-electron chi connectivity index (χ1n) is 12.1. The van der Waals surface area contributed by atoms with E-state index in [9.17, 15) is 14.4 Å². The number of hydrogen-bond donors (Lipinski definition) is 1. The number of anilines is 1. The van der Waals surface area contributed by atoms with Crippen molar-refractivity contribution in [3.05, 3.63) is 86.9 Å². The van der Waals surface area contributed by atoms with Gasteiger partial charge in [-0.15, -0.1) is 0 Å². The maximum atomic E-state index is 13.2. The number of benzene rings is 3. The Bertz CT molecular complexity index is 1430. The van der Waals surface area contributed by atoms with Crippen LogP contribution in [0.15, 0.2) is 60.2 Å². The summed E-state index contributed by atoms with van der Waals surface area (Å²) in [5.41, 5.74) is 2.47. The second kappa shape index (κ2) is 12.2. The van der Waals surface area contributed by atoms with Gasteiger partial charge in [-0.05, 0) is 79.9 Å². The summed E-state index contributed by atoms with van der Waals surface area (Å²) in [5, 5.41) is 2.84. The van der Waals surface area contributed by atoms with Gasteiger partial charge in [0, 0.05) is 5.02 Å². The fourth-order valence-electron chi connectivity index (χ4n) is 4.04. The molecule has 1 aliphatic heterocycles. The van der Waals surface area contributed by atoms with Gasteiger partial charge in [-0.3, -0.25) is 14.9 Å². The number of aryl methyl sites for hydroxylation is 2. The zero-order valence-electron chi connectivity index (χ0n) is 21.5. The Morgan fingerprint density at radius 2 is 1.51 bits per heavy atom. The average molecular weight is 569 g/mol. The quantitative estimate of drug-likeness (QED) is 0.189. The summed E-state index contributed by atoms with van der Waals surface area (Å²) in [6.07, 6.45) is 1.34. The molecule has 0 spiro atoms. The lowest BCUT2D eigenvalue weighted by atomic mass is 10.1. The number of imide groups is 2. The Balaban J connectivity index is 1.55. The Kier molecular flexibility index (Phi) is 8.79. The third-order valence-electron chi connectivity index (χ3n) is 5.81. The number of rotatable bonds is 9. The van der Waals surface area contributed by atoms with E-state index in [0.717, 1.165) is 21.8 Å². The Labute approximate surface area is 236 Å². The summed E-state index contributed by atoms with van der Waals surface area (Å²) in [6, 6.07) is 14.3. The molecule has 1 heterocycles. The highest BCUT2D eigenvalue weighted by molar-refractivity contribution is 6.39. The molecule has 1 fully saturated rings. The van der Waals surface area contributed by atoms with Crippen molar-refractivity contribution in [1.82, 2.24) is 5.32 Å². The molecule has 0 aromatic heterocycles. The predicted octanol–water partition coefficient (Wildman–Crippen LogP) is 6.13. The first-order valence-corrected chi connectivity index (χ1v) is 12.9. The molecule has 202 valence electrons. The standard InChI is InChI=1S/C29H26Cl2N2O6/c1-4-37-24-16-19(15-23(31)26(24)39-13-12-38-25-17(2)6-5-7-18(25)3)14-22-27(34)32-29(36)33(28(22)35)21-10-8-20(30)9-11-21/h5-11,14-16H,4,12-13H2,1-3H3,(H,32,34,36)/b22-14+. The molecule has 0 unspecified atom stereocenters. The van der Waals surface area contributed by atoms with Crippen LogP contribution >= 0.6 is 23.2 Å². The highest BCUT2D eigenvalue weighted by atomic mass is 35.5. The van der Waals surface area contributed by atoms with Gasteiger partial charge >= 0.3 is 6.03 Å². The van der Waals surface area contributed by atoms with Crippen molar-refractivity contribution in [1.29, 1.82) is 0 Å². The highest BCUT2D eigenvalue weighted by Gasteiger charge is 2.36. The van der Waals surface area contributed by atoms with Crippen molar-refractivity contribution in [2.45, 2.75) is 20.8 Å². The van der Waals surface area contributed by atoms with Crippen molar-refractivity contribution >= 4 is 52.8 Å². The van der Waals surface area contributed by atoms with Crippen molar-refractivity contribution in [3.63, 3.8) is 0 Å². The van der Waals surface area contributed by atoms with Crippen LogP contribution in [0.4, 0.5) is 10.5 Å². The van der Waals surface area contributed by atoms with Gasteiger partial charge in [0.1, 0.15) is 24.5 Å². The van der Waals surface area contributed by atoms with Crippen molar-refractivity contribution in [2.24, 2.45) is 0 Å². The van der Waals surface area contributed by atoms with E-state index in [1.54, 1.807) is 19.1 Å². The maximum absolute atomic E-state index is 13.2. The van der Waals surface area contributed by atoms with Crippen LogP contribution in [-0.4, -0.2) is 37.7 Å². The van der Waals surface area contributed by atoms with E-state index in [2.05, 4.69) is 5.32 Å². The van der Waals surface area contributed by atoms with Gasteiger partial charge in [0.15, 0.2) is 11.5 Å². The molecule has 3 aromatic carbocycles. The molecule has 0 aliphatic carbocycles. The zero-order valence-corrected chi connectivity index (χ0v) is 23.1. The number of amides is 4. The molecule has 10 heteroatoms. The molecule has 8 nitrogen and oxygen atoms in total. The SMILES string of the molecule is CCOc1cc(/C=C2\C(=O)NC(=O)N(c3ccc(Cl)cc3)C2=O)cc(Cl)c1OCCOc1c(C)cccc1C. The lowest BCUT2D eigenvalue weighted by Crippen LogP contribution is -2.54. The number of barbiturate groups is 1. The third-order valence-corrected chi connectivity index (χ3v) is 6.35. The Morgan fingerprint density at radius 1 is 0.872 bits per heavy atom. The van der Waals surface area contributed by atoms with E-state index in [1.165, 1.54) is 30.3 Å². The topological polar surface area (TPSA) is 94.2 Å². The predicted molar refractivity (Wildman–Crippen MR) is 150 cm³/mol. The molecular formula is C29H26Cl2N2O6. The smallest absolute Gasteiger partial charge is 0.335 e. The second-order valence-electron chi connectivity index (χ2n) is 8.62. The molecule has 1 aliphatic rings. The largest absolute Gasteiger partial charge is 0.490 e. The second-order valence-corrected chi connectivity index (χ2v) is 9.46. The summed E-state index contributed by atoms with van der Waals surface area (Å²) in [4.78, 5) is 39.1. The number of urea groups is 1. The van der Waals surface area contributed by atoms with Gasteiger partial charge in [-0.1, -0.05) is 41.4 Å². The lowest BCUT2D eigenvalue weighted by Gasteiger charge is -2.26. The van der Waals surface area contributed by atoms with Crippen molar-refractivity contribution < 1.29 is 28.6 Å². The number of nitrogens with zero attached hydrogens (tertiary/aromatic N) is 1. The number of ether oxygens (including phenoxy) is 3. The Hall–Kier alpha value is -4.01. The van der Waals surface area contributed by atoms with Gasteiger partial charge in [-0.25, -0.2) is 9.69 Å². The van der Waals surface area contributed by atoms with Crippen LogP contribution < -0.4 is 24.4 Å². The number of halogens is 2. The van der Waals surface area contributed by atoms with Gasteiger partial charge in [0.2, 0.25) is 0 Å². The van der Waals surface area contributed by atoms with Gasteiger partial charge in [0.05, 0.1) is 17.3 Å². The number of nitrogens with one attached hydrogen (secondary N) is 1. The Morgan fingerprint density at radius 3 is 2.15 bits per heavy atom. The summed E-state index contributed by atoms with van der Waals surface area (Å²) >= 11 is 12.5. The van der Waals surface area contributed by atoms with Crippen LogP contribution in [-0.2, 0) is 9.59 Å². The summed E-state index contributed by atoms with van der Waals surface area (Å²) < 4.78 is 17.5. The minimum Gasteiger partial charge on any atom is -0.490 e. The van der Waals surface area contributed by atoms with Gasteiger partial charge < -0.3 is 14.2 Å². The highest BCUT2D eigenvalue weighted by Crippen LogP contribution is 2.38. The summed E-state index contributed by atoms with van der Waals surface area (Å²) in [7, 11) is 0. The van der Waals surface area contributed by atoms with Gasteiger partial charge in [0.25, 0.3) is 11.8 Å². The van der Waals surface area contributed by atoms with E-state index in [-0.39, 0.29) is 29.5 Å². The summed E-state index contributed by atoms with van der Waals surface area (Å²) in [6.45, 7) is 6.56. The zero-order chi connectivity index (χ0) is 28.1. The number of hydrogen-bond acceptors (Lipinski definition) is 6. The van der Waals surface area contributed by atoms with Crippen LogP contribution in [0, 0.1) is 13.8 Å². The van der Waals surface area contributed by atoms with E-state index in [0.29, 0.717) is 28.7 Å². The normalized spacial score (nSPS) is 14.4. The summed E-state index contributed by atoms with van der Waals surface area (Å²) in [5.74, 6) is -0.167. The molecule has 0 saturated carbocycles. The number of para-hydroxylation sites is 1. The molecule has 39 heavy (non-hydrogen) atoms. The van der Waals surface area contributed by atoms with Crippen LogP contribution in [0.3, 0.4) is 0 Å². The van der Waals surface area contributed by atoms with Gasteiger partial charge in [-0.2, -0.15) is 0 Å². The minimum absolute atomic E-state index is 0.201. The van der Waals surface area contributed by atoms with Crippen molar-refractivity contribution in [2.75, 3.05) is 24.7 Å².